The number of benzene rings is 2. The highest BCUT2D eigenvalue weighted by Crippen LogP contribution is 2.29. The number of carbonyl (C=O) groups is 1. The average Bonchev–Trinajstić information content (AvgIpc) is 3.12. The Bertz CT molecular complexity index is 868. The van der Waals surface area contributed by atoms with E-state index < -0.39 is 0 Å². The van der Waals surface area contributed by atoms with Gasteiger partial charge < -0.3 is 9.88 Å². The highest BCUT2D eigenvalue weighted by Gasteiger charge is 2.24. The minimum atomic E-state index is -0.289. The van der Waals surface area contributed by atoms with Crippen molar-refractivity contribution in [1.82, 2.24) is 4.98 Å². The van der Waals surface area contributed by atoms with E-state index in [1.165, 1.54) is 11.6 Å². The molecule has 0 saturated carbocycles. The van der Waals surface area contributed by atoms with Crippen molar-refractivity contribution in [1.29, 1.82) is 0 Å². The summed E-state index contributed by atoms with van der Waals surface area (Å²) in [6, 6.07) is 12.9. The zero-order chi connectivity index (χ0) is 15.1. The fourth-order valence-electron chi connectivity index (χ4n) is 3.18. The van der Waals surface area contributed by atoms with Gasteiger partial charge in [-0.25, -0.2) is 4.39 Å². The number of anilines is 1. The minimum absolute atomic E-state index is 0.0510. The van der Waals surface area contributed by atoms with Gasteiger partial charge in [0.25, 0.3) is 0 Å². The molecule has 2 aromatic carbocycles. The smallest absolute Gasteiger partial charge is 0.231 e. The molecule has 1 aliphatic rings. The molecule has 1 aliphatic heterocycles. The van der Waals surface area contributed by atoms with Gasteiger partial charge in [0, 0.05) is 23.8 Å². The molecule has 3 aromatic rings. The highest BCUT2D eigenvalue weighted by atomic mass is 19.1. The van der Waals surface area contributed by atoms with Gasteiger partial charge in [0.15, 0.2) is 0 Å². The Morgan fingerprint density at radius 2 is 2.05 bits per heavy atom. The van der Waals surface area contributed by atoms with Gasteiger partial charge in [0.1, 0.15) is 5.82 Å². The summed E-state index contributed by atoms with van der Waals surface area (Å²) in [7, 11) is 0. The minimum Gasteiger partial charge on any atom is -0.359 e. The van der Waals surface area contributed by atoms with Crippen LogP contribution < -0.4 is 4.90 Å². The zero-order valence-electron chi connectivity index (χ0n) is 12.0. The third-order valence-corrected chi connectivity index (χ3v) is 4.28. The van der Waals surface area contributed by atoms with E-state index in [0.29, 0.717) is 5.52 Å². The summed E-state index contributed by atoms with van der Waals surface area (Å²) in [5.74, 6) is -0.238. The molecule has 3 nitrogen and oxygen atoms in total. The van der Waals surface area contributed by atoms with Crippen LogP contribution in [-0.4, -0.2) is 17.4 Å². The van der Waals surface area contributed by atoms with Crippen LogP contribution in [0.3, 0.4) is 0 Å². The molecule has 4 heteroatoms. The Morgan fingerprint density at radius 3 is 2.95 bits per heavy atom. The number of amides is 1. The number of hydrogen-bond donors (Lipinski definition) is 1. The first kappa shape index (κ1) is 13.1. The van der Waals surface area contributed by atoms with E-state index in [9.17, 15) is 9.18 Å². The van der Waals surface area contributed by atoms with Crippen LogP contribution in [0.2, 0.25) is 0 Å². The number of fused-ring (bicyclic) bond motifs is 2. The standard InChI is InChI=1S/C18H15FN2O/c19-15-6-3-5-14-13(11-20-18(14)15)10-17(22)21-9-8-12-4-1-2-7-16(12)21/h1-7,11,20H,8-10H2. The lowest BCUT2D eigenvalue weighted by Crippen LogP contribution is -2.30. The molecule has 0 aliphatic carbocycles. The van der Waals surface area contributed by atoms with Crippen molar-refractivity contribution < 1.29 is 9.18 Å². The molecule has 0 saturated heterocycles. The predicted octanol–water partition coefficient (Wildman–Crippen LogP) is 3.44. The first-order valence-electron chi connectivity index (χ1n) is 7.37. The lowest BCUT2D eigenvalue weighted by atomic mass is 10.1. The summed E-state index contributed by atoms with van der Waals surface area (Å²) in [5.41, 5.74) is 3.51. The van der Waals surface area contributed by atoms with Gasteiger partial charge in [-0.3, -0.25) is 4.79 Å². The average molecular weight is 294 g/mol. The molecule has 0 radical (unpaired) electrons. The molecule has 0 spiro atoms. The number of rotatable bonds is 2. The van der Waals surface area contributed by atoms with Crippen molar-refractivity contribution in [3.05, 3.63) is 65.6 Å². The summed E-state index contributed by atoms with van der Waals surface area (Å²) < 4.78 is 13.7. The van der Waals surface area contributed by atoms with E-state index in [2.05, 4.69) is 11.1 Å². The summed E-state index contributed by atoms with van der Waals surface area (Å²) >= 11 is 0. The molecule has 2 heterocycles. The molecule has 110 valence electrons. The van der Waals surface area contributed by atoms with E-state index in [4.69, 9.17) is 0 Å². The van der Waals surface area contributed by atoms with Crippen LogP contribution in [0.25, 0.3) is 10.9 Å². The Hall–Kier alpha value is -2.62. The van der Waals surface area contributed by atoms with E-state index in [1.54, 1.807) is 12.3 Å². The molecule has 1 amide bonds. The molecule has 0 bridgehead atoms. The maximum atomic E-state index is 13.7. The molecule has 0 atom stereocenters. The number of aromatic amines is 1. The number of nitrogens with one attached hydrogen (secondary N) is 1. The Morgan fingerprint density at radius 1 is 1.18 bits per heavy atom. The van der Waals surface area contributed by atoms with Crippen LogP contribution in [0.5, 0.6) is 0 Å². The van der Waals surface area contributed by atoms with Gasteiger partial charge in [-0.1, -0.05) is 30.3 Å². The molecule has 4 rings (SSSR count). The predicted molar refractivity (Wildman–Crippen MR) is 84.5 cm³/mol. The molecular weight excluding hydrogens is 279 g/mol. The van der Waals surface area contributed by atoms with E-state index in [0.717, 1.165) is 29.6 Å². The SMILES string of the molecule is O=C(Cc1c[nH]c2c(F)cccc12)N1CCc2ccccc21. The van der Waals surface area contributed by atoms with Crippen molar-refractivity contribution in [2.75, 3.05) is 11.4 Å². The number of para-hydroxylation sites is 2. The summed E-state index contributed by atoms with van der Waals surface area (Å²) in [6.45, 7) is 0.717. The van der Waals surface area contributed by atoms with Crippen LogP contribution in [0.1, 0.15) is 11.1 Å². The lowest BCUT2D eigenvalue weighted by Gasteiger charge is -2.17. The third kappa shape index (κ3) is 1.99. The lowest BCUT2D eigenvalue weighted by molar-refractivity contribution is -0.117. The number of H-pyrrole nitrogens is 1. The highest BCUT2D eigenvalue weighted by molar-refractivity contribution is 5.99. The van der Waals surface area contributed by atoms with E-state index >= 15 is 0 Å². The number of nitrogens with zero attached hydrogens (tertiary/aromatic N) is 1. The summed E-state index contributed by atoms with van der Waals surface area (Å²) in [4.78, 5) is 17.4. The van der Waals surface area contributed by atoms with E-state index in [1.807, 2.05) is 29.2 Å². The third-order valence-electron chi connectivity index (χ3n) is 4.28. The van der Waals surface area contributed by atoms with Gasteiger partial charge in [0.2, 0.25) is 5.91 Å². The monoisotopic (exact) mass is 294 g/mol. The number of carbonyl (C=O) groups excluding carboxylic acids is 1. The topological polar surface area (TPSA) is 36.1 Å². The quantitative estimate of drug-likeness (QED) is 0.772. The van der Waals surface area contributed by atoms with Crippen molar-refractivity contribution in [2.24, 2.45) is 0 Å². The number of halogens is 1. The van der Waals surface area contributed by atoms with Gasteiger partial charge in [-0.2, -0.15) is 0 Å². The molecule has 22 heavy (non-hydrogen) atoms. The van der Waals surface area contributed by atoms with Crippen molar-refractivity contribution in [3.8, 4) is 0 Å². The van der Waals surface area contributed by atoms with Crippen LogP contribution in [0.15, 0.2) is 48.7 Å². The van der Waals surface area contributed by atoms with Crippen molar-refractivity contribution in [3.63, 3.8) is 0 Å². The molecule has 1 N–H and O–H groups in total. The number of hydrogen-bond acceptors (Lipinski definition) is 1. The molecule has 0 unspecified atom stereocenters. The second kappa shape index (κ2) is 4.98. The van der Waals surface area contributed by atoms with Gasteiger partial charge in [-0.05, 0) is 29.7 Å². The van der Waals surface area contributed by atoms with Crippen LogP contribution in [-0.2, 0) is 17.6 Å². The fraction of sp³-hybridized carbons (Fsp3) is 0.167. The van der Waals surface area contributed by atoms with Crippen molar-refractivity contribution >= 4 is 22.5 Å². The largest absolute Gasteiger partial charge is 0.359 e. The summed E-state index contributed by atoms with van der Waals surface area (Å²) in [6.07, 6.45) is 2.90. The van der Waals surface area contributed by atoms with Gasteiger partial charge >= 0.3 is 0 Å². The molecule has 1 aromatic heterocycles. The van der Waals surface area contributed by atoms with Crippen molar-refractivity contribution in [2.45, 2.75) is 12.8 Å². The van der Waals surface area contributed by atoms with Gasteiger partial charge in [-0.15, -0.1) is 0 Å². The Balaban J connectivity index is 1.64. The second-order valence-electron chi connectivity index (χ2n) is 5.58. The number of aromatic nitrogens is 1. The fourth-order valence-corrected chi connectivity index (χ4v) is 3.18. The molecule has 0 fully saturated rings. The van der Waals surface area contributed by atoms with Crippen LogP contribution in [0.4, 0.5) is 10.1 Å². The maximum absolute atomic E-state index is 13.7. The normalized spacial score (nSPS) is 13.6. The van der Waals surface area contributed by atoms with Crippen LogP contribution >= 0.6 is 0 Å². The molecular formula is C18H15FN2O. The van der Waals surface area contributed by atoms with Gasteiger partial charge in [0.05, 0.1) is 11.9 Å². The second-order valence-corrected chi connectivity index (χ2v) is 5.58. The van der Waals surface area contributed by atoms with E-state index in [-0.39, 0.29) is 18.1 Å². The zero-order valence-corrected chi connectivity index (χ0v) is 12.0. The summed E-state index contributed by atoms with van der Waals surface area (Å²) in [5, 5.41) is 0.779. The Labute approximate surface area is 127 Å². The van der Waals surface area contributed by atoms with Crippen LogP contribution in [0, 0.1) is 5.82 Å². The first-order valence-corrected chi connectivity index (χ1v) is 7.37. The maximum Gasteiger partial charge on any atom is 0.231 e. The first-order chi connectivity index (χ1) is 10.7. The Kier molecular flexibility index (Phi) is 2.96.